The van der Waals surface area contributed by atoms with Gasteiger partial charge in [0.1, 0.15) is 0 Å². The highest BCUT2D eigenvalue weighted by molar-refractivity contribution is 5.82. The number of rotatable bonds is 4. The molecule has 6 heteroatoms. The summed E-state index contributed by atoms with van der Waals surface area (Å²) in [6, 6.07) is 0. The quantitative estimate of drug-likeness (QED) is 0.650. The lowest BCUT2D eigenvalue weighted by atomic mass is 10.1. The number of carboxylic acid groups (broad SMARTS) is 1. The summed E-state index contributed by atoms with van der Waals surface area (Å²) in [5, 5.41) is 10.1. The molecule has 0 spiro atoms. The zero-order chi connectivity index (χ0) is 10.5. The van der Waals surface area contributed by atoms with E-state index in [0.29, 0.717) is 6.42 Å². The van der Waals surface area contributed by atoms with E-state index in [4.69, 9.17) is 5.11 Å². The molecule has 1 amide bonds. The second-order valence-electron chi connectivity index (χ2n) is 2.47. The van der Waals surface area contributed by atoms with Gasteiger partial charge in [0.2, 0.25) is 0 Å². The summed E-state index contributed by atoms with van der Waals surface area (Å²) in [6.45, 7) is 1.61. The number of methoxy groups -OCH3 is 1. The monoisotopic (exact) mass is 193 g/mol. The fraction of sp³-hybridized carbons (Fsp3) is 0.714. The molecule has 0 saturated heterocycles. The first-order valence-corrected chi connectivity index (χ1v) is 3.74. The normalized spacial score (nSPS) is 14.4. The minimum absolute atomic E-state index is 0.294. The van der Waals surface area contributed by atoms with Crippen LogP contribution in [0.5, 0.6) is 0 Å². The first-order chi connectivity index (χ1) is 5.96. The van der Waals surface area contributed by atoms with Crippen molar-refractivity contribution >= 4 is 12.1 Å². The van der Waals surface area contributed by atoms with Crippen LogP contribution in [-0.4, -0.2) is 30.1 Å². The van der Waals surface area contributed by atoms with Crippen molar-refractivity contribution in [3.8, 4) is 0 Å². The summed E-state index contributed by atoms with van der Waals surface area (Å²) >= 11 is 0. The van der Waals surface area contributed by atoms with Crippen LogP contribution in [0.3, 0.4) is 0 Å². The number of nitrogens with one attached hydrogen (secondary N) is 1. The van der Waals surface area contributed by atoms with Crippen LogP contribution in [0.1, 0.15) is 19.8 Å². The Balaban J connectivity index is 4.41. The van der Waals surface area contributed by atoms with Crippen LogP contribution in [0.15, 0.2) is 0 Å². The Bertz CT molecular complexity index is 209. The summed E-state index contributed by atoms with van der Waals surface area (Å²) in [5.74, 6) is -4.46. The number of alkyl halides is 1. The zero-order valence-corrected chi connectivity index (χ0v) is 7.46. The standard InChI is InChI=1S/C7H12FNO4/c1-3-4-7(8,5(10)11)9-6(12)13-2/h3-4H2,1-2H3,(H,9,12)(H,10,11). The average Bonchev–Trinajstić information content (AvgIpc) is 2.04. The van der Waals surface area contributed by atoms with Crippen LogP contribution in [0, 0.1) is 0 Å². The van der Waals surface area contributed by atoms with E-state index < -0.39 is 17.9 Å². The maximum Gasteiger partial charge on any atom is 0.409 e. The van der Waals surface area contributed by atoms with Crippen molar-refractivity contribution in [1.82, 2.24) is 5.32 Å². The summed E-state index contributed by atoms with van der Waals surface area (Å²) in [7, 11) is 1.03. The molecule has 5 nitrogen and oxygen atoms in total. The van der Waals surface area contributed by atoms with Gasteiger partial charge in [0.25, 0.3) is 5.79 Å². The number of ether oxygens (including phenoxy) is 1. The second kappa shape index (κ2) is 4.64. The molecule has 0 heterocycles. The predicted octanol–water partition coefficient (Wildman–Crippen LogP) is 0.893. The molecule has 1 unspecified atom stereocenters. The van der Waals surface area contributed by atoms with Gasteiger partial charge in [-0.2, -0.15) is 0 Å². The Morgan fingerprint density at radius 2 is 2.15 bits per heavy atom. The minimum atomic E-state index is -2.73. The van der Waals surface area contributed by atoms with Gasteiger partial charge in [0.05, 0.1) is 7.11 Å². The molecule has 0 fully saturated rings. The van der Waals surface area contributed by atoms with Crippen molar-refractivity contribution in [3.63, 3.8) is 0 Å². The number of carbonyl (C=O) groups excluding carboxylic acids is 1. The molecule has 0 bridgehead atoms. The van der Waals surface area contributed by atoms with Crippen molar-refractivity contribution in [2.45, 2.75) is 25.6 Å². The van der Waals surface area contributed by atoms with Crippen LogP contribution in [0.25, 0.3) is 0 Å². The first kappa shape index (κ1) is 11.7. The van der Waals surface area contributed by atoms with E-state index in [1.165, 1.54) is 0 Å². The maximum atomic E-state index is 13.3. The predicted molar refractivity (Wildman–Crippen MR) is 41.9 cm³/mol. The third-order valence-electron chi connectivity index (χ3n) is 1.42. The summed E-state index contributed by atoms with van der Waals surface area (Å²) in [6.07, 6.45) is -1.09. The van der Waals surface area contributed by atoms with Crippen LogP contribution < -0.4 is 5.32 Å². The molecule has 0 radical (unpaired) electrons. The third-order valence-corrected chi connectivity index (χ3v) is 1.42. The lowest BCUT2D eigenvalue weighted by Crippen LogP contribution is -2.50. The molecule has 13 heavy (non-hydrogen) atoms. The number of carbonyl (C=O) groups is 2. The molecule has 0 aliphatic rings. The molecule has 0 aromatic heterocycles. The van der Waals surface area contributed by atoms with Gasteiger partial charge in [0, 0.05) is 6.42 Å². The van der Waals surface area contributed by atoms with E-state index in [9.17, 15) is 14.0 Å². The molecular formula is C7H12FNO4. The fourth-order valence-electron chi connectivity index (χ4n) is 0.780. The lowest BCUT2D eigenvalue weighted by molar-refractivity contribution is -0.153. The van der Waals surface area contributed by atoms with Gasteiger partial charge in [-0.3, -0.25) is 5.32 Å². The summed E-state index contributed by atoms with van der Waals surface area (Å²) in [5.41, 5.74) is 0. The van der Waals surface area contributed by atoms with E-state index in [1.807, 2.05) is 0 Å². The highest BCUT2D eigenvalue weighted by atomic mass is 19.1. The van der Waals surface area contributed by atoms with Gasteiger partial charge >= 0.3 is 12.1 Å². The summed E-state index contributed by atoms with van der Waals surface area (Å²) < 4.78 is 17.4. The molecule has 0 aromatic rings. The number of hydrogen-bond donors (Lipinski definition) is 2. The molecule has 0 aliphatic heterocycles. The van der Waals surface area contributed by atoms with Crippen molar-refractivity contribution in [1.29, 1.82) is 0 Å². The van der Waals surface area contributed by atoms with Gasteiger partial charge in [-0.1, -0.05) is 13.3 Å². The average molecular weight is 193 g/mol. The Hall–Kier alpha value is -1.33. The summed E-state index contributed by atoms with van der Waals surface area (Å²) in [4.78, 5) is 21.0. The highest BCUT2D eigenvalue weighted by Crippen LogP contribution is 2.15. The van der Waals surface area contributed by atoms with E-state index in [1.54, 1.807) is 12.2 Å². The van der Waals surface area contributed by atoms with Gasteiger partial charge in [0.15, 0.2) is 0 Å². The first-order valence-electron chi connectivity index (χ1n) is 3.74. The Morgan fingerprint density at radius 1 is 1.62 bits per heavy atom. The van der Waals surface area contributed by atoms with E-state index in [0.717, 1.165) is 7.11 Å². The van der Waals surface area contributed by atoms with E-state index >= 15 is 0 Å². The van der Waals surface area contributed by atoms with Crippen LogP contribution in [0.2, 0.25) is 0 Å². The molecule has 0 saturated carbocycles. The van der Waals surface area contributed by atoms with Crippen molar-refractivity contribution < 1.29 is 23.8 Å². The zero-order valence-electron chi connectivity index (χ0n) is 7.46. The smallest absolute Gasteiger partial charge is 0.409 e. The van der Waals surface area contributed by atoms with Gasteiger partial charge < -0.3 is 9.84 Å². The number of carboxylic acids is 1. The number of aliphatic carboxylic acids is 1. The Kier molecular flexibility index (Phi) is 4.16. The van der Waals surface area contributed by atoms with Gasteiger partial charge in [-0.15, -0.1) is 0 Å². The third kappa shape index (κ3) is 3.27. The Morgan fingerprint density at radius 3 is 2.46 bits per heavy atom. The topological polar surface area (TPSA) is 75.6 Å². The fourth-order valence-corrected chi connectivity index (χ4v) is 0.780. The molecular weight excluding hydrogens is 181 g/mol. The van der Waals surface area contributed by atoms with Gasteiger partial charge in [-0.25, -0.2) is 14.0 Å². The second-order valence-corrected chi connectivity index (χ2v) is 2.47. The maximum absolute atomic E-state index is 13.3. The minimum Gasteiger partial charge on any atom is -0.477 e. The molecule has 2 N–H and O–H groups in total. The number of hydrogen-bond acceptors (Lipinski definition) is 3. The Labute approximate surface area is 74.9 Å². The number of amides is 1. The highest BCUT2D eigenvalue weighted by Gasteiger charge is 2.39. The molecule has 76 valence electrons. The number of halogens is 1. The molecule has 0 aliphatic carbocycles. The molecule has 0 aromatic carbocycles. The van der Waals surface area contributed by atoms with Gasteiger partial charge in [-0.05, 0) is 0 Å². The molecule has 0 rings (SSSR count). The SMILES string of the molecule is CCCC(F)(NC(=O)OC)C(=O)O. The van der Waals surface area contributed by atoms with E-state index in [2.05, 4.69) is 4.74 Å². The van der Waals surface area contributed by atoms with Crippen molar-refractivity contribution in [3.05, 3.63) is 0 Å². The lowest BCUT2D eigenvalue weighted by Gasteiger charge is -2.20. The number of alkyl carbamates (subject to hydrolysis) is 1. The van der Waals surface area contributed by atoms with Crippen LogP contribution >= 0.6 is 0 Å². The van der Waals surface area contributed by atoms with Crippen molar-refractivity contribution in [2.24, 2.45) is 0 Å². The molecule has 1 atom stereocenters. The van der Waals surface area contributed by atoms with Crippen molar-refractivity contribution in [2.75, 3.05) is 7.11 Å². The van der Waals surface area contributed by atoms with Crippen LogP contribution in [-0.2, 0) is 9.53 Å². The van der Waals surface area contributed by atoms with E-state index in [-0.39, 0.29) is 6.42 Å². The van der Waals surface area contributed by atoms with Crippen LogP contribution in [0.4, 0.5) is 9.18 Å². The largest absolute Gasteiger partial charge is 0.477 e.